The van der Waals surface area contributed by atoms with Crippen molar-refractivity contribution < 1.29 is 38.5 Å². The van der Waals surface area contributed by atoms with E-state index in [4.69, 9.17) is 14.2 Å². The first-order chi connectivity index (χ1) is 27.4. The largest absolute Gasteiger partial charge is 0.504 e. The number of amides is 4. The Morgan fingerprint density at radius 2 is 1.52 bits per heavy atom. The van der Waals surface area contributed by atoms with Crippen LogP contribution in [0.15, 0.2) is 93.9 Å². The van der Waals surface area contributed by atoms with Crippen molar-refractivity contribution in [2.45, 2.75) is 96.4 Å². The summed E-state index contributed by atoms with van der Waals surface area (Å²) in [7, 11) is 0. The number of halogens is 3. The van der Waals surface area contributed by atoms with Gasteiger partial charge in [0.1, 0.15) is 23.7 Å². The van der Waals surface area contributed by atoms with Crippen LogP contribution in [-0.4, -0.2) is 64.8 Å². The summed E-state index contributed by atoms with van der Waals surface area (Å²) in [5, 5.41) is 22.6. The molecule has 5 atom stereocenters. The van der Waals surface area contributed by atoms with Crippen LogP contribution in [-0.2, 0) is 49.7 Å². The zero-order valence-electron chi connectivity index (χ0n) is 32.7. The highest BCUT2D eigenvalue weighted by atomic mass is 127. The van der Waals surface area contributed by atoms with E-state index in [2.05, 4.69) is 53.1 Å². The van der Waals surface area contributed by atoms with Gasteiger partial charge in [-0.2, -0.15) is 0 Å². The van der Waals surface area contributed by atoms with Gasteiger partial charge in [-0.05, 0) is 142 Å². The van der Waals surface area contributed by atoms with E-state index in [1.54, 1.807) is 39.8 Å². The van der Waals surface area contributed by atoms with Crippen LogP contribution in [0.1, 0.15) is 56.9 Å². The van der Waals surface area contributed by atoms with Gasteiger partial charge >= 0.3 is 6.09 Å². The van der Waals surface area contributed by atoms with Crippen molar-refractivity contribution in [3.8, 4) is 17.2 Å². The van der Waals surface area contributed by atoms with Crippen LogP contribution in [0.4, 0.5) is 4.79 Å². The summed E-state index contributed by atoms with van der Waals surface area (Å²) in [6.45, 7) is 8.87. The van der Waals surface area contributed by atoms with Gasteiger partial charge in [-0.3, -0.25) is 14.4 Å². The Bertz CT molecular complexity index is 2080. The molecule has 15 heteroatoms. The van der Waals surface area contributed by atoms with Gasteiger partial charge in [0, 0.05) is 18.9 Å². The molecule has 12 nitrogen and oxygen atoms in total. The van der Waals surface area contributed by atoms with Crippen LogP contribution in [0.3, 0.4) is 0 Å². The fraction of sp³-hybridized carbons (Fsp3) is 0.349. The predicted molar refractivity (Wildman–Crippen MR) is 236 cm³/mol. The highest BCUT2D eigenvalue weighted by Crippen LogP contribution is 2.42. The van der Waals surface area contributed by atoms with Crippen molar-refractivity contribution in [2.24, 2.45) is 0 Å². The topological polar surface area (TPSA) is 164 Å². The van der Waals surface area contributed by atoms with Gasteiger partial charge in [0.25, 0.3) is 0 Å². The lowest BCUT2D eigenvalue weighted by atomic mass is 10.0. The molecule has 58 heavy (non-hydrogen) atoms. The number of hydrogen-bond acceptors (Lipinski definition) is 8. The van der Waals surface area contributed by atoms with Crippen molar-refractivity contribution in [2.75, 3.05) is 0 Å². The Morgan fingerprint density at radius 1 is 0.914 bits per heavy atom. The average molecular weight is 1030 g/mol. The molecule has 4 aromatic carbocycles. The van der Waals surface area contributed by atoms with E-state index in [0.29, 0.717) is 30.2 Å². The van der Waals surface area contributed by atoms with Gasteiger partial charge in [0.05, 0.1) is 25.2 Å². The zero-order valence-corrected chi connectivity index (χ0v) is 38.1. The normalized spacial score (nSPS) is 18.4. The van der Waals surface area contributed by atoms with Gasteiger partial charge < -0.3 is 40.6 Å². The van der Waals surface area contributed by atoms with Crippen molar-refractivity contribution in [3.63, 3.8) is 0 Å². The molecular formula is C43H47Br2IN4O8. The number of carbonyl (C=O) groups is 4. The fourth-order valence-electron chi connectivity index (χ4n) is 6.27. The Morgan fingerprint density at radius 3 is 2.14 bits per heavy atom. The Hall–Kier alpha value is -4.19. The number of rotatable bonds is 9. The number of ether oxygens (including phenoxy) is 3. The summed E-state index contributed by atoms with van der Waals surface area (Å²) in [5.74, 6) is -1.43. The molecule has 0 aromatic heterocycles. The van der Waals surface area contributed by atoms with Crippen LogP contribution in [0.5, 0.6) is 17.2 Å². The maximum Gasteiger partial charge on any atom is 0.408 e. The van der Waals surface area contributed by atoms with Crippen molar-refractivity contribution >= 4 is 78.3 Å². The first-order valence-electron chi connectivity index (χ1n) is 18.7. The van der Waals surface area contributed by atoms with E-state index in [0.717, 1.165) is 16.7 Å². The Balaban J connectivity index is 1.55. The summed E-state index contributed by atoms with van der Waals surface area (Å²) in [5.41, 5.74) is 2.19. The lowest BCUT2D eigenvalue weighted by Gasteiger charge is -2.29. The molecule has 2 unspecified atom stereocenters. The molecule has 6 rings (SSSR count). The highest BCUT2D eigenvalue weighted by molar-refractivity contribution is 14.1. The number of phenolic OH excluding ortho intramolecular Hbond substituents is 1. The third-order valence-electron chi connectivity index (χ3n) is 9.06. The summed E-state index contributed by atoms with van der Waals surface area (Å²) in [6, 6.07) is 21.6. The minimum atomic E-state index is -1.29. The van der Waals surface area contributed by atoms with Crippen LogP contribution in [0, 0.1) is 3.57 Å². The van der Waals surface area contributed by atoms with Crippen LogP contribution in [0.2, 0.25) is 0 Å². The molecule has 2 aliphatic heterocycles. The Labute approximate surface area is 369 Å². The molecule has 0 fully saturated rings. The number of alkyl carbamates (subject to hydrolysis) is 1. The molecule has 0 radical (unpaired) electrons. The van der Waals surface area contributed by atoms with Crippen molar-refractivity contribution in [3.05, 3.63) is 120 Å². The molecule has 2 heterocycles. The molecule has 4 aromatic rings. The maximum absolute atomic E-state index is 14.6. The minimum absolute atomic E-state index is 0.0883. The van der Waals surface area contributed by atoms with Crippen LogP contribution >= 0.6 is 54.5 Å². The third-order valence-corrected chi connectivity index (χ3v) is 11.1. The smallest absolute Gasteiger partial charge is 0.408 e. The molecule has 0 saturated heterocycles. The van der Waals surface area contributed by atoms with E-state index in [9.17, 15) is 24.3 Å². The summed E-state index contributed by atoms with van der Waals surface area (Å²) in [4.78, 5) is 56.0. The molecule has 4 bridgehead atoms. The maximum atomic E-state index is 14.6. The second-order valence-corrected chi connectivity index (χ2v) is 18.0. The monoisotopic (exact) mass is 1030 g/mol. The van der Waals surface area contributed by atoms with Crippen molar-refractivity contribution in [1.82, 2.24) is 21.3 Å². The van der Waals surface area contributed by atoms with Crippen molar-refractivity contribution in [1.29, 1.82) is 0 Å². The van der Waals surface area contributed by atoms with Gasteiger partial charge in [-0.25, -0.2) is 4.79 Å². The van der Waals surface area contributed by atoms with Gasteiger partial charge in [-0.1, -0.05) is 60.7 Å². The molecular weight excluding hydrogens is 987 g/mol. The lowest BCUT2D eigenvalue weighted by Crippen LogP contribution is -2.60. The van der Waals surface area contributed by atoms with Gasteiger partial charge in [0.2, 0.25) is 17.7 Å². The summed E-state index contributed by atoms with van der Waals surface area (Å²) < 4.78 is 19.6. The molecule has 2 aliphatic rings. The van der Waals surface area contributed by atoms with E-state index in [-0.39, 0.29) is 37.0 Å². The number of hydrogen-bond donors (Lipinski definition) is 5. The van der Waals surface area contributed by atoms with E-state index in [1.807, 2.05) is 102 Å². The standard InChI is InChI=1S/C43H47Br2IN4O8/c1-24-16-28-17-30(44)38(31(45)18-28)57-35-22-29(19-32(46)37(35)51)21-33(40(53)50-36(41(54)47-24)25(2)56-23-27-14-10-7-11-15-27)48-39(52)34(20-26-12-8-6-9-13-26)49-42(55)58-43(3,4)5/h6-15,17-19,22,24-25,33-34,36,51H,16,20-21,23H2,1-5H3,(H,47,54)(H,48,52)(H,49,55)(H,50,53)/t24-,25?,33+,34?,36+/m1/s1. The molecule has 0 spiro atoms. The predicted octanol–water partition coefficient (Wildman–Crippen LogP) is 7.63. The number of fused-ring (bicyclic) bond motifs is 10. The first kappa shape index (κ1) is 44.9. The van der Waals surface area contributed by atoms with E-state index in [1.165, 1.54) is 0 Å². The second-order valence-electron chi connectivity index (χ2n) is 15.2. The number of aromatic hydroxyl groups is 1. The van der Waals surface area contributed by atoms with Gasteiger partial charge in [0.15, 0.2) is 17.2 Å². The Kier molecular flexibility index (Phi) is 15.6. The number of nitrogens with one attached hydrogen (secondary N) is 4. The molecule has 4 amide bonds. The second kappa shape index (κ2) is 20.2. The molecule has 308 valence electrons. The summed E-state index contributed by atoms with van der Waals surface area (Å²) in [6.07, 6.45) is -1.21. The third kappa shape index (κ3) is 12.9. The lowest BCUT2D eigenvalue weighted by molar-refractivity contribution is -0.135. The molecule has 5 N–H and O–H groups in total. The van der Waals surface area contributed by atoms with E-state index < -0.39 is 53.6 Å². The zero-order chi connectivity index (χ0) is 42.1. The van der Waals surface area contributed by atoms with Crippen LogP contribution < -0.4 is 26.0 Å². The first-order valence-corrected chi connectivity index (χ1v) is 21.4. The average Bonchev–Trinajstić information content (AvgIpc) is 3.15. The molecule has 0 aliphatic carbocycles. The number of carbonyl (C=O) groups excluding carboxylic acids is 4. The SMILES string of the molecule is CC(OCc1ccccc1)[C@@H]1NC(=O)[C@@H](NC(=O)C(Cc2ccccc2)NC(=O)OC(C)(C)C)Cc2cc(I)c(O)c(c2)Oc2c(Br)cc(cc2Br)C[C@@H](C)NC1=O. The number of benzene rings is 4. The van der Waals surface area contributed by atoms with Crippen LogP contribution in [0.25, 0.3) is 0 Å². The number of phenols is 1. The van der Waals surface area contributed by atoms with Gasteiger partial charge in [-0.15, -0.1) is 0 Å². The van der Waals surface area contributed by atoms with E-state index >= 15 is 0 Å². The molecule has 0 saturated carbocycles. The highest BCUT2D eigenvalue weighted by Gasteiger charge is 2.34. The summed E-state index contributed by atoms with van der Waals surface area (Å²) >= 11 is 9.19. The fourth-order valence-corrected chi connectivity index (χ4v) is 8.38. The minimum Gasteiger partial charge on any atom is -0.504 e. The quantitative estimate of drug-likeness (QED) is 0.107.